The number of hydrogen-bond acceptors (Lipinski definition) is 2. The van der Waals surface area contributed by atoms with Crippen LogP contribution in [0.2, 0.25) is 0 Å². The first-order chi connectivity index (χ1) is 2.81. The van der Waals surface area contributed by atoms with Crippen molar-refractivity contribution in [3.8, 4) is 0 Å². The zero-order valence-corrected chi connectivity index (χ0v) is 6.62. The van der Waals surface area contributed by atoms with Gasteiger partial charge in [0.1, 0.15) is 0 Å². The minimum absolute atomic E-state index is 0.650. The highest BCUT2D eigenvalue weighted by Gasteiger charge is 1.90. The fraction of sp³-hybridized carbons (Fsp3) is 1.00. The van der Waals surface area contributed by atoms with Gasteiger partial charge in [-0.3, -0.25) is 0 Å². The Morgan fingerprint density at radius 2 is 1.67 bits per heavy atom. The molecule has 38 valence electrons. The van der Waals surface area contributed by atoms with Crippen molar-refractivity contribution >= 4 is 27.3 Å². The lowest BCUT2D eigenvalue weighted by Crippen LogP contribution is -1.61. The van der Waals surface area contributed by atoms with Crippen LogP contribution in [0.4, 0.5) is 0 Å². The van der Waals surface area contributed by atoms with Crippen molar-refractivity contribution in [1.29, 1.82) is 0 Å². The molecule has 0 radical (unpaired) electrons. The third kappa shape index (κ3) is 3.40. The van der Waals surface area contributed by atoms with Crippen LogP contribution >= 0.6 is 27.3 Å². The van der Waals surface area contributed by atoms with E-state index in [1.807, 2.05) is 6.66 Å². The van der Waals surface area contributed by atoms with Gasteiger partial charge in [-0.1, -0.05) is 0 Å². The summed E-state index contributed by atoms with van der Waals surface area (Å²) in [6, 6.07) is 0. The molecule has 0 aliphatic heterocycles. The summed E-state index contributed by atoms with van der Waals surface area (Å²) >= 11 is 0. The second kappa shape index (κ2) is 4.37. The standard InChI is InChI=1S/CH7O2P3/c1-6(2-4)3-5/h4-5H2,1H3. The second-order valence-corrected chi connectivity index (χ2v) is 3.22. The average molecular weight is 144 g/mol. The molecule has 2 atom stereocenters. The molecule has 2 unspecified atom stereocenters. The number of hydrogen-bond donors (Lipinski definition) is 0. The Bertz CT molecular complexity index is 28.0. The van der Waals surface area contributed by atoms with Gasteiger partial charge >= 0.3 is 0 Å². The summed E-state index contributed by atoms with van der Waals surface area (Å²) in [6.07, 6.45) is 0. The third-order valence-electron chi connectivity index (χ3n) is 0.297. The molecule has 0 spiro atoms. The predicted octanol–water partition coefficient (Wildman–Crippen LogP) is 1.54. The first kappa shape index (κ1) is 7.21. The Morgan fingerprint density at radius 3 is 1.67 bits per heavy atom. The minimum Gasteiger partial charge on any atom is -0.318 e. The van der Waals surface area contributed by atoms with E-state index in [1.165, 1.54) is 0 Å². The van der Waals surface area contributed by atoms with Crippen molar-refractivity contribution in [2.24, 2.45) is 0 Å². The maximum atomic E-state index is 4.64. The Balaban J connectivity index is 2.75. The van der Waals surface area contributed by atoms with E-state index < -0.39 is 8.38 Å². The largest absolute Gasteiger partial charge is 0.318 e. The zero-order chi connectivity index (χ0) is 4.99. The van der Waals surface area contributed by atoms with E-state index >= 15 is 0 Å². The molecule has 2 nitrogen and oxygen atoms in total. The van der Waals surface area contributed by atoms with Crippen LogP contribution in [0.15, 0.2) is 0 Å². The molecule has 0 aromatic carbocycles. The fourth-order valence-electron chi connectivity index (χ4n) is 0.0248. The normalized spacial score (nSPS) is 10.0. The molecular weight excluding hydrogens is 137 g/mol. The van der Waals surface area contributed by atoms with Gasteiger partial charge < -0.3 is 8.62 Å². The van der Waals surface area contributed by atoms with E-state index in [0.717, 1.165) is 0 Å². The molecule has 0 bridgehead atoms. The maximum Gasteiger partial charge on any atom is 0.172 e. The van der Waals surface area contributed by atoms with Crippen LogP contribution in [0.5, 0.6) is 0 Å². The van der Waals surface area contributed by atoms with E-state index in [0.29, 0.717) is 0 Å². The van der Waals surface area contributed by atoms with Crippen molar-refractivity contribution in [1.82, 2.24) is 0 Å². The van der Waals surface area contributed by atoms with Crippen LogP contribution in [-0.4, -0.2) is 6.66 Å². The average Bonchev–Trinajstić information content (AvgIpc) is 1.65. The van der Waals surface area contributed by atoms with Crippen LogP contribution in [0.25, 0.3) is 0 Å². The quantitative estimate of drug-likeness (QED) is 0.547. The molecule has 0 fully saturated rings. The maximum absolute atomic E-state index is 4.64. The minimum atomic E-state index is -0.650. The molecule has 0 aliphatic carbocycles. The molecule has 0 heterocycles. The first-order valence-corrected chi connectivity index (χ1v) is 3.85. The molecule has 0 rings (SSSR count). The van der Waals surface area contributed by atoms with Gasteiger partial charge in [-0.25, -0.2) is 0 Å². The second-order valence-electron chi connectivity index (χ2n) is 0.651. The van der Waals surface area contributed by atoms with Gasteiger partial charge in [-0.2, -0.15) is 0 Å². The van der Waals surface area contributed by atoms with Gasteiger partial charge in [0, 0.05) is 25.6 Å². The molecule has 5 heteroatoms. The zero-order valence-electron chi connectivity index (χ0n) is 3.42. The Morgan fingerprint density at radius 1 is 1.33 bits per heavy atom. The summed E-state index contributed by atoms with van der Waals surface area (Å²) in [5.74, 6) is 0. The van der Waals surface area contributed by atoms with Crippen molar-refractivity contribution in [3.05, 3.63) is 0 Å². The molecular formula is CH7O2P3. The molecule has 0 aliphatic rings. The summed E-state index contributed by atoms with van der Waals surface area (Å²) < 4.78 is 9.28. The highest BCUT2D eigenvalue weighted by Crippen LogP contribution is 2.38. The van der Waals surface area contributed by atoms with Crippen LogP contribution in [-0.2, 0) is 8.62 Å². The molecule has 0 N–H and O–H groups in total. The Labute approximate surface area is 43.5 Å². The number of rotatable bonds is 2. The molecule has 6 heavy (non-hydrogen) atoms. The predicted molar refractivity (Wildman–Crippen MR) is 34.4 cm³/mol. The lowest BCUT2D eigenvalue weighted by Gasteiger charge is -2.00. The summed E-state index contributed by atoms with van der Waals surface area (Å²) in [5.41, 5.74) is 0. The third-order valence-corrected chi connectivity index (χ3v) is 2.67. The molecule has 0 saturated heterocycles. The van der Waals surface area contributed by atoms with Gasteiger partial charge in [0.25, 0.3) is 0 Å². The smallest absolute Gasteiger partial charge is 0.172 e. The van der Waals surface area contributed by atoms with E-state index in [9.17, 15) is 0 Å². The van der Waals surface area contributed by atoms with Crippen LogP contribution < -0.4 is 0 Å². The van der Waals surface area contributed by atoms with Gasteiger partial charge in [0.05, 0.1) is 0 Å². The van der Waals surface area contributed by atoms with Crippen molar-refractivity contribution in [2.45, 2.75) is 0 Å². The monoisotopic (exact) mass is 144 g/mol. The summed E-state index contributed by atoms with van der Waals surface area (Å²) in [4.78, 5) is 0. The van der Waals surface area contributed by atoms with E-state index in [4.69, 9.17) is 0 Å². The topological polar surface area (TPSA) is 18.5 Å². The lowest BCUT2D eigenvalue weighted by molar-refractivity contribution is 0.587. The van der Waals surface area contributed by atoms with Crippen molar-refractivity contribution in [2.75, 3.05) is 6.66 Å². The van der Waals surface area contributed by atoms with Crippen LogP contribution in [0, 0.1) is 0 Å². The van der Waals surface area contributed by atoms with Gasteiger partial charge in [-0.15, -0.1) is 0 Å². The molecule has 0 saturated carbocycles. The van der Waals surface area contributed by atoms with Crippen LogP contribution in [0.1, 0.15) is 0 Å². The summed E-state index contributed by atoms with van der Waals surface area (Å²) in [5, 5.41) is 0. The van der Waals surface area contributed by atoms with E-state index in [2.05, 4.69) is 27.6 Å². The van der Waals surface area contributed by atoms with Gasteiger partial charge in [0.15, 0.2) is 8.38 Å². The highest BCUT2D eigenvalue weighted by molar-refractivity contribution is 7.54. The fourth-order valence-corrected chi connectivity index (χ4v) is 0.671. The molecule has 0 amide bonds. The molecule has 0 aromatic heterocycles. The molecule has 0 aromatic rings. The van der Waals surface area contributed by atoms with E-state index in [1.54, 1.807) is 0 Å². The van der Waals surface area contributed by atoms with Gasteiger partial charge in [-0.05, 0) is 0 Å². The lowest BCUT2D eigenvalue weighted by atomic mass is 12.0. The summed E-state index contributed by atoms with van der Waals surface area (Å²) in [6.45, 7) is 1.86. The Hall–Kier alpha value is 1.21. The first-order valence-electron chi connectivity index (χ1n) is 1.28. The highest BCUT2D eigenvalue weighted by atomic mass is 31.2. The van der Waals surface area contributed by atoms with Crippen LogP contribution in [0.3, 0.4) is 0 Å². The van der Waals surface area contributed by atoms with Crippen molar-refractivity contribution < 1.29 is 8.62 Å². The SMILES string of the molecule is CP(OP)OP. The van der Waals surface area contributed by atoms with Crippen molar-refractivity contribution in [3.63, 3.8) is 0 Å². The van der Waals surface area contributed by atoms with E-state index in [-0.39, 0.29) is 0 Å². The summed E-state index contributed by atoms with van der Waals surface area (Å²) in [7, 11) is 3.61. The Kier molecular flexibility index (Phi) is 5.25. The van der Waals surface area contributed by atoms with Gasteiger partial charge in [0.2, 0.25) is 0 Å².